The van der Waals surface area contributed by atoms with Crippen LogP contribution >= 0.6 is 31.9 Å². The minimum Gasteiger partial charge on any atom is -0.480 e. The molecule has 0 unspecified atom stereocenters. The molecule has 0 saturated carbocycles. The molecule has 0 radical (unpaired) electrons. The highest BCUT2D eigenvalue weighted by Crippen LogP contribution is 2.34. The van der Waals surface area contributed by atoms with Crippen LogP contribution in [0, 0.1) is 0 Å². The Morgan fingerprint density at radius 2 is 1.69 bits per heavy atom. The van der Waals surface area contributed by atoms with Gasteiger partial charge in [-0.2, -0.15) is 5.10 Å². The van der Waals surface area contributed by atoms with E-state index in [0.29, 0.717) is 31.5 Å². The van der Waals surface area contributed by atoms with Crippen molar-refractivity contribution in [2.24, 2.45) is 5.10 Å². The van der Waals surface area contributed by atoms with Gasteiger partial charge in [0.25, 0.3) is 5.91 Å². The summed E-state index contributed by atoms with van der Waals surface area (Å²) in [7, 11) is 1.29. The van der Waals surface area contributed by atoms with E-state index in [2.05, 4.69) is 47.1 Å². The Bertz CT molecular complexity index is 1400. The highest BCUT2D eigenvalue weighted by molar-refractivity contribution is 9.11. The first-order valence-electron chi connectivity index (χ1n) is 10.4. The van der Waals surface area contributed by atoms with Crippen LogP contribution in [0.1, 0.15) is 15.9 Å². The Morgan fingerprint density at radius 1 is 1.00 bits per heavy atom. The predicted molar refractivity (Wildman–Crippen MR) is 142 cm³/mol. The number of carbonyl (C=O) groups is 2. The number of ether oxygens (including phenoxy) is 2. The largest absolute Gasteiger partial charge is 0.480 e. The summed E-state index contributed by atoms with van der Waals surface area (Å²) in [6.07, 6.45) is 1.51. The normalized spacial score (nSPS) is 10.9. The molecule has 7 nitrogen and oxygen atoms in total. The molecule has 0 saturated heterocycles. The lowest BCUT2D eigenvalue weighted by Gasteiger charge is -2.10. The van der Waals surface area contributed by atoms with E-state index in [0.717, 1.165) is 16.5 Å². The van der Waals surface area contributed by atoms with E-state index in [-0.39, 0.29) is 12.5 Å². The van der Waals surface area contributed by atoms with Gasteiger partial charge in [0.1, 0.15) is 5.75 Å². The van der Waals surface area contributed by atoms with E-state index in [9.17, 15) is 9.59 Å². The first-order chi connectivity index (χ1) is 17.0. The molecule has 0 fully saturated rings. The Hall–Kier alpha value is -3.56. The number of halogens is 2. The molecule has 0 aliphatic rings. The number of hydrazone groups is 1. The summed E-state index contributed by atoms with van der Waals surface area (Å²) in [6.45, 7) is -0.220. The highest BCUT2D eigenvalue weighted by atomic mass is 79.9. The minimum absolute atomic E-state index is 0.220. The molecular weight excluding hydrogens is 578 g/mol. The van der Waals surface area contributed by atoms with Crippen LogP contribution in [0.5, 0.6) is 5.75 Å². The van der Waals surface area contributed by atoms with Gasteiger partial charge in [0.05, 0.1) is 39.0 Å². The Balaban J connectivity index is 1.55. The second-order valence-corrected chi connectivity index (χ2v) is 9.02. The smallest absolute Gasteiger partial charge is 0.343 e. The third-order valence-corrected chi connectivity index (χ3v) is 6.17. The van der Waals surface area contributed by atoms with Crippen molar-refractivity contribution >= 4 is 60.9 Å². The summed E-state index contributed by atoms with van der Waals surface area (Å²) < 4.78 is 11.3. The van der Waals surface area contributed by atoms with Crippen molar-refractivity contribution in [1.82, 2.24) is 10.4 Å². The third-order valence-electron chi connectivity index (χ3n) is 4.99. The Kier molecular flexibility index (Phi) is 7.89. The molecule has 0 spiro atoms. The lowest BCUT2D eigenvalue weighted by molar-refractivity contribution is -0.142. The van der Waals surface area contributed by atoms with Crippen LogP contribution in [-0.2, 0) is 9.53 Å². The molecule has 0 aliphatic carbocycles. The number of hydrogen-bond donors (Lipinski definition) is 1. The molecule has 176 valence electrons. The number of carbonyl (C=O) groups excluding carboxylic acids is 2. The number of hydrogen-bond acceptors (Lipinski definition) is 6. The standard InChI is InChI=1S/C26H19Br2N3O4/c1-34-24(32)15-35-25-20(27)11-16(12-21(25)28)14-29-31-26(33)19-13-23(17-7-3-2-4-8-17)30-22-10-6-5-9-18(19)22/h2-14H,15H2,1H3,(H,31,33)/b29-14+. The summed E-state index contributed by atoms with van der Waals surface area (Å²) in [5.74, 6) is -0.391. The Morgan fingerprint density at radius 3 is 2.40 bits per heavy atom. The zero-order valence-electron chi connectivity index (χ0n) is 18.5. The average Bonchev–Trinajstić information content (AvgIpc) is 2.87. The topological polar surface area (TPSA) is 89.9 Å². The van der Waals surface area contributed by atoms with Gasteiger partial charge in [-0.1, -0.05) is 48.5 Å². The van der Waals surface area contributed by atoms with Gasteiger partial charge >= 0.3 is 5.97 Å². The SMILES string of the molecule is COC(=O)COc1c(Br)cc(/C=N/NC(=O)c2cc(-c3ccccc3)nc3ccccc23)cc1Br. The maximum atomic E-state index is 13.1. The maximum Gasteiger partial charge on any atom is 0.343 e. The van der Waals surface area contributed by atoms with Gasteiger partial charge in [0, 0.05) is 10.9 Å². The van der Waals surface area contributed by atoms with Gasteiger partial charge in [-0.15, -0.1) is 0 Å². The van der Waals surface area contributed by atoms with Crippen LogP contribution in [0.4, 0.5) is 0 Å². The van der Waals surface area contributed by atoms with Gasteiger partial charge in [-0.25, -0.2) is 15.2 Å². The van der Waals surface area contributed by atoms with E-state index in [4.69, 9.17) is 9.72 Å². The summed E-state index contributed by atoms with van der Waals surface area (Å²) in [4.78, 5) is 29.1. The summed E-state index contributed by atoms with van der Waals surface area (Å²) in [5.41, 5.74) is 6.11. The number of pyridine rings is 1. The van der Waals surface area contributed by atoms with Crippen LogP contribution in [0.25, 0.3) is 22.2 Å². The van der Waals surface area contributed by atoms with Crippen molar-refractivity contribution < 1.29 is 19.1 Å². The first kappa shape index (κ1) is 24.6. The lowest BCUT2D eigenvalue weighted by atomic mass is 10.0. The quantitative estimate of drug-likeness (QED) is 0.167. The van der Waals surface area contributed by atoms with Crippen molar-refractivity contribution in [2.75, 3.05) is 13.7 Å². The maximum absolute atomic E-state index is 13.1. The minimum atomic E-state index is -0.490. The number of fused-ring (bicyclic) bond motifs is 1. The van der Waals surface area contributed by atoms with Gasteiger partial charge in [0.15, 0.2) is 6.61 Å². The van der Waals surface area contributed by atoms with Gasteiger partial charge < -0.3 is 9.47 Å². The molecule has 0 aliphatic heterocycles. The molecule has 4 rings (SSSR count). The van der Waals surface area contributed by atoms with Crippen molar-refractivity contribution in [3.8, 4) is 17.0 Å². The van der Waals surface area contributed by atoms with Crippen LogP contribution in [0.3, 0.4) is 0 Å². The molecule has 0 atom stereocenters. The zero-order valence-corrected chi connectivity index (χ0v) is 21.7. The van der Waals surface area contributed by atoms with Crippen molar-refractivity contribution in [3.05, 3.63) is 92.9 Å². The number of benzene rings is 3. The van der Waals surface area contributed by atoms with Crippen LogP contribution < -0.4 is 10.2 Å². The predicted octanol–water partition coefficient (Wildman–Crippen LogP) is 5.74. The Labute approximate surface area is 218 Å². The van der Waals surface area contributed by atoms with E-state index in [1.165, 1.54) is 13.3 Å². The number of aromatic nitrogens is 1. The zero-order chi connectivity index (χ0) is 24.8. The molecule has 1 amide bonds. The highest BCUT2D eigenvalue weighted by Gasteiger charge is 2.14. The molecule has 9 heteroatoms. The van der Waals surface area contributed by atoms with E-state index in [1.54, 1.807) is 18.2 Å². The molecular formula is C26H19Br2N3O4. The monoisotopic (exact) mass is 595 g/mol. The second kappa shape index (κ2) is 11.2. The van der Waals surface area contributed by atoms with E-state index in [1.807, 2.05) is 54.6 Å². The third kappa shape index (κ3) is 5.93. The molecule has 35 heavy (non-hydrogen) atoms. The average molecular weight is 597 g/mol. The summed E-state index contributed by atoms with van der Waals surface area (Å²) in [5, 5.41) is 4.86. The van der Waals surface area contributed by atoms with Gasteiger partial charge in [-0.3, -0.25) is 4.79 Å². The number of nitrogens with one attached hydrogen (secondary N) is 1. The van der Waals surface area contributed by atoms with Crippen LogP contribution in [0.15, 0.2) is 86.8 Å². The van der Waals surface area contributed by atoms with Crippen molar-refractivity contribution in [1.29, 1.82) is 0 Å². The van der Waals surface area contributed by atoms with Gasteiger partial charge in [-0.05, 0) is 61.7 Å². The number of nitrogens with zero attached hydrogens (tertiary/aromatic N) is 2. The molecule has 0 bridgehead atoms. The molecule has 4 aromatic rings. The van der Waals surface area contributed by atoms with Crippen LogP contribution in [-0.4, -0.2) is 36.8 Å². The summed E-state index contributed by atoms with van der Waals surface area (Å²) >= 11 is 6.84. The number of methoxy groups -OCH3 is 1. The summed E-state index contributed by atoms with van der Waals surface area (Å²) in [6, 6.07) is 22.4. The fourth-order valence-electron chi connectivity index (χ4n) is 3.33. The van der Waals surface area contributed by atoms with E-state index >= 15 is 0 Å². The fraction of sp³-hybridized carbons (Fsp3) is 0.0769. The van der Waals surface area contributed by atoms with Crippen LogP contribution in [0.2, 0.25) is 0 Å². The number of rotatable bonds is 7. The van der Waals surface area contributed by atoms with Crippen molar-refractivity contribution in [3.63, 3.8) is 0 Å². The van der Waals surface area contributed by atoms with Crippen molar-refractivity contribution in [2.45, 2.75) is 0 Å². The second-order valence-electron chi connectivity index (χ2n) is 7.32. The number of amides is 1. The number of esters is 1. The molecule has 3 aromatic carbocycles. The van der Waals surface area contributed by atoms with Gasteiger partial charge in [0.2, 0.25) is 0 Å². The van der Waals surface area contributed by atoms with E-state index < -0.39 is 5.97 Å². The molecule has 1 heterocycles. The first-order valence-corrected chi connectivity index (χ1v) is 12.0. The molecule has 1 aromatic heterocycles. The lowest BCUT2D eigenvalue weighted by Crippen LogP contribution is -2.18. The molecule has 1 N–H and O–H groups in total. The fourth-order valence-corrected chi connectivity index (χ4v) is 4.78. The number of para-hydroxylation sites is 1.